The Kier molecular flexibility index (Phi) is 6.28. The molecule has 23 heavy (non-hydrogen) atoms. The minimum Gasteiger partial charge on any atom is -0.319 e. The van der Waals surface area contributed by atoms with E-state index in [1.165, 1.54) is 0 Å². The molecule has 0 saturated carbocycles. The van der Waals surface area contributed by atoms with Gasteiger partial charge in [-0.05, 0) is 23.8 Å². The van der Waals surface area contributed by atoms with E-state index in [0.717, 1.165) is 5.56 Å². The highest BCUT2D eigenvalue weighted by atomic mass is 35.5. The van der Waals surface area contributed by atoms with Crippen LogP contribution in [0.4, 0.5) is 10.5 Å². The number of anilines is 1. The van der Waals surface area contributed by atoms with Crippen LogP contribution >= 0.6 is 23.2 Å². The lowest BCUT2D eigenvalue weighted by molar-refractivity contribution is 0.210. The summed E-state index contributed by atoms with van der Waals surface area (Å²) in [5.41, 5.74) is 1.55. The Morgan fingerprint density at radius 1 is 1.13 bits per heavy atom. The van der Waals surface area contributed by atoms with Crippen LogP contribution in [0, 0.1) is 11.3 Å². The van der Waals surface area contributed by atoms with Crippen LogP contribution < -0.4 is 5.32 Å². The Morgan fingerprint density at radius 3 is 2.52 bits per heavy atom. The fourth-order valence-electron chi connectivity index (χ4n) is 2.02. The van der Waals surface area contributed by atoms with Gasteiger partial charge in [-0.25, -0.2) is 4.79 Å². The number of nitrogens with zero attached hydrogens (tertiary/aromatic N) is 2. The maximum atomic E-state index is 12.4. The smallest absolute Gasteiger partial charge is 0.319 e. The van der Waals surface area contributed by atoms with Crippen LogP contribution in [0.2, 0.25) is 10.0 Å². The molecule has 118 valence electrons. The molecule has 0 radical (unpaired) electrons. The Hall–Kier alpha value is -2.22. The molecule has 0 aromatic heterocycles. The Labute approximate surface area is 145 Å². The monoisotopic (exact) mass is 347 g/mol. The molecule has 2 amide bonds. The quantitative estimate of drug-likeness (QED) is 0.832. The predicted octanol–water partition coefficient (Wildman–Crippen LogP) is 4.94. The average molecular weight is 348 g/mol. The highest BCUT2D eigenvalue weighted by Gasteiger charge is 2.14. The molecule has 0 saturated heterocycles. The van der Waals surface area contributed by atoms with Gasteiger partial charge in [-0.15, -0.1) is 0 Å². The van der Waals surface area contributed by atoms with Gasteiger partial charge < -0.3 is 10.2 Å². The number of hydrogen-bond acceptors (Lipinski definition) is 2. The Morgan fingerprint density at radius 2 is 1.87 bits per heavy atom. The molecule has 0 fully saturated rings. The van der Waals surface area contributed by atoms with Crippen molar-refractivity contribution in [2.24, 2.45) is 0 Å². The van der Waals surface area contributed by atoms with E-state index in [0.29, 0.717) is 28.8 Å². The van der Waals surface area contributed by atoms with Crippen molar-refractivity contribution < 1.29 is 4.79 Å². The van der Waals surface area contributed by atoms with Crippen molar-refractivity contribution >= 4 is 34.9 Å². The summed E-state index contributed by atoms with van der Waals surface area (Å²) in [4.78, 5) is 14.0. The molecule has 0 heterocycles. The standard InChI is InChI=1S/C17H15Cl2N3O/c18-15-8-7-14(11-16(15)19)21-17(23)22(10-4-9-20)12-13-5-2-1-3-6-13/h1-3,5-8,11H,4,10,12H2,(H,21,23). The summed E-state index contributed by atoms with van der Waals surface area (Å²) in [5, 5.41) is 12.4. The van der Waals surface area contributed by atoms with Crippen molar-refractivity contribution in [1.82, 2.24) is 4.90 Å². The third-order valence-corrected chi connectivity index (χ3v) is 3.91. The van der Waals surface area contributed by atoms with Crippen molar-refractivity contribution in [3.05, 3.63) is 64.1 Å². The van der Waals surface area contributed by atoms with E-state index in [4.69, 9.17) is 28.5 Å². The number of nitriles is 1. The van der Waals surface area contributed by atoms with Gasteiger partial charge in [-0.3, -0.25) is 0 Å². The number of amides is 2. The van der Waals surface area contributed by atoms with Gasteiger partial charge in [0.05, 0.1) is 22.5 Å². The van der Waals surface area contributed by atoms with Gasteiger partial charge >= 0.3 is 6.03 Å². The number of urea groups is 1. The second-order valence-corrected chi connectivity index (χ2v) is 5.69. The normalized spacial score (nSPS) is 9.96. The van der Waals surface area contributed by atoms with Crippen LogP contribution in [0.1, 0.15) is 12.0 Å². The number of hydrogen-bond donors (Lipinski definition) is 1. The van der Waals surface area contributed by atoms with Gasteiger partial charge in [-0.2, -0.15) is 5.26 Å². The molecule has 1 N–H and O–H groups in total. The zero-order valence-corrected chi connectivity index (χ0v) is 13.8. The highest BCUT2D eigenvalue weighted by molar-refractivity contribution is 6.42. The SMILES string of the molecule is N#CCCN(Cc1ccccc1)C(=O)Nc1ccc(Cl)c(Cl)c1. The third-order valence-electron chi connectivity index (χ3n) is 3.17. The first-order valence-electron chi connectivity index (χ1n) is 7.02. The lowest BCUT2D eigenvalue weighted by atomic mass is 10.2. The second kappa shape index (κ2) is 8.42. The summed E-state index contributed by atoms with van der Waals surface area (Å²) in [6, 6.07) is 16.3. The molecular weight excluding hydrogens is 333 g/mol. The zero-order chi connectivity index (χ0) is 16.7. The van der Waals surface area contributed by atoms with Gasteiger partial charge in [0, 0.05) is 18.8 Å². The number of nitrogens with one attached hydrogen (secondary N) is 1. The molecule has 2 rings (SSSR count). The van der Waals surface area contributed by atoms with Crippen molar-refractivity contribution in [3.63, 3.8) is 0 Å². The van der Waals surface area contributed by atoms with Crippen LogP contribution in [0.15, 0.2) is 48.5 Å². The molecule has 0 spiro atoms. The Bertz CT molecular complexity index is 714. The van der Waals surface area contributed by atoms with Crippen molar-refractivity contribution in [2.75, 3.05) is 11.9 Å². The minimum atomic E-state index is -0.289. The van der Waals surface area contributed by atoms with Crippen molar-refractivity contribution in [1.29, 1.82) is 5.26 Å². The van der Waals surface area contributed by atoms with Crippen LogP contribution in [0.3, 0.4) is 0 Å². The molecule has 0 aliphatic rings. The summed E-state index contributed by atoms with van der Waals surface area (Å²) >= 11 is 11.8. The summed E-state index contributed by atoms with van der Waals surface area (Å²) < 4.78 is 0. The van der Waals surface area contributed by atoms with Crippen LogP contribution in [0.25, 0.3) is 0 Å². The molecule has 4 nitrogen and oxygen atoms in total. The number of rotatable bonds is 5. The van der Waals surface area contributed by atoms with Crippen LogP contribution in [0.5, 0.6) is 0 Å². The fourth-order valence-corrected chi connectivity index (χ4v) is 2.32. The molecule has 0 aliphatic heterocycles. The van der Waals surface area contributed by atoms with E-state index < -0.39 is 0 Å². The molecule has 2 aromatic rings. The summed E-state index contributed by atoms with van der Waals surface area (Å²) in [6.45, 7) is 0.772. The Balaban J connectivity index is 2.09. The maximum Gasteiger partial charge on any atom is 0.322 e. The lowest BCUT2D eigenvalue weighted by Gasteiger charge is -2.22. The first kappa shape index (κ1) is 17.1. The molecule has 2 aromatic carbocycles. The molecular formula is C17H15Cl2N3O. The van der Waals surface area contributed by atoms with E-state index in [1.54, 1.807) is 23.1 Å². The topological polar surface area (TPSA) is 56.1 Å². The fraction of sp³-hybridized carbons (Fsp3) is 0.176. The van der Waals surface area contributed by atoms with E-state index in [-0.39, 0.29) is 12.5 Å². The summed E-state index contributed by atoms with van der Waals surface area (Å²) in [6.07, 6.45) is 0.266. The summed E-state index contributed by atoms with van der Waals surface area (Å²) in [5.74, 6) is 0. The number of halogens is 2. The number of carbonyl (C=O) groups excluding carboxylic acids is 1. The molecule has 0 bridgehead atoms. The van der Waals surface area contributed by atoms with Crippen LogP contribution in [-0.2, 0) is 6.54 Å². The van der Waals surface area contributed by atoms with Gasteiger partial charge in [-0.1, -0.05) is 53.5 Å². The molecule has 0 aliphatic carbocycles. The van der Waals surface area contributed by atoms with E-state index in [9.17, 15) is 4.79 Å². The van der Waals surface area contributed by atoms with E-state index >= 15 is 0 Å². The zero-order valence-electron chi connectivity index (χ0n) is 12.3. The van der Waals surface area contributed by atoms with Crippen LogP contribution in [-0.4, -0.2) is 17.5 Å². The molecule has 0 atom stereocenters. The van der Waals surface area contributed by atoms with E-state index in [2.05, 4.69) is 11.4 Å². The van der Waals surface area contributed by atoms with Gasteiger partial charge in [0.15, 0.2) is 0 Å². The number of benzene rings is 2. The maximum absolute atomic E-state index is 12.4. The average Bonchev–Trinajstić information content (AvgIpc) is 2.55. The first-order chi connectivity index (χ1) is 11.1. The second-order valence-electron chi connectivity index (χ2n) is 4.87. The number of carbonyl (C=O) groups is 1. The van der Waals surface area contributed by atoms with Crippen molar-refractivity contribution in [3.8, 4) is 6.07 Å². The highest BCUT2D eigenvalue weighted by Crippen LogP contribution is 2.25. The molecule has 6 heteroatoms. The van der Waals surface area contributed by atoms with E-state index in [1.807, 2.05) is 30.3 Å². The third kappa shape index (κ3) is 5.17. The minimum absolute atomic E-state index is 0.266. The first-order valence-corrected chi connectivity index (χ1v) is 7.77. The summed E-state index contributed by atoms with van der Waals surface area (Å²) in [7, 11) is 0. The molecule has 0 unspecified atom stereocenters. The largest absolute Gasteiger partial charge is 0.322 e. The predicted molar refractivity (Wildman–Crippen MR) is 92.6 cm³/mol. The van der Waals surface area contributed by atoms with Gasteiger partial charge in [0.1, 0.15) is 0 Å². The van der Waals surface area contributed by atoms with Gasteiger partial charge in [0.2, 0.25) is 0 Å². The van der Waals surface area contributed by atoms with Gasteiger partial charge in [0.25, 0.3) is 0 Å². The van der Waals surface area contributed by atoms with Crippen molar-refractivity contribution in [2.45, 2.75) is 13.0 Å². The lowest BCUT2D eigenvalue weighted by Crippen LogP contribution is -2.35.